The van der Waals surface area contributed by atoms with E-state index in [2.05, 4.69) is 19.9 Å². The molecule has 0 radical (unpaired) electrons. The normalized spacial score (nSPS) is 12.6. The summed E-state index contributed by atoms with van der Waals surface area (Å²) in [6, 6.07) is 6.10. The average molecular weight is 234 g/mol. The minimum atomic E-state index is -0.0462. The molecule has 0 saturated heterocycles. The van der Waals surface area contributed by atoms with Crippen molar-refractivity contribution < 1.29 is 9.53 Å². The van der Waals surface area contributed by atoms with Crippen molar-refractivity contribution in [2.75, 3.05) is 7.11 Å². The van der Waals surface area contributed by atoms with Gasteiger partial charge in [-0.25, -0.2) is 0 Å². The van der Waals surface area contributed by atoms with E-state index >= 15 is 0 Å². The SMILES string of the molecule is CCC(=O)C(C)c1ccc(C(C)C)c(OC)c1. The Bertz CT molecular complexity index is 394. The summed E-state index contributed by atoms with van der Waals surface area (Å²) in [4.78, 5) is 11.7. The lowest BCUT2D eigenvalue weighted by atomic mass is 9.92. The van der Waals surface area contributed by atoms with Crippen molar-refractivity contribution in [1.82, 2.24) is 0 Å². The van der Waals surface area contributed by atoms with Crippen molar-refractivity contribution in [3.8, 4) is 5.75 Å². The zero-order chi connectivity index (χ0) is 13.0. The number of hydrogen-bond acceptors (Lipinski definition) is 2. The summed E-state index contributed by atoms with van der Waals surface area (Å²) in [5.74, 6) is 1.53. The average Bonchev–Trinajstić information content (AvgIpc) is 2.35. The van der Waals surface area contributed by atoms with Gasteiger partial charge in [0, 0.05) is 12.3 Å². The van der Waals surface area contributed by atoms with Gasteiger partial charge in [-0.1, -0.05) is 39.8 Å². The van der Waals surface area contributed by atoms with E-state index < -0.39 is 0 Å². The Labute approximate surface area is 104 Å². The van der Waals surface area contributed by atoms with Crippen molar-refractivity contribution in [3.05, 3.63) is 29.3 Å². The molecule has 1 atom stereocenters. The summed E-state index contributed by atoms with van der Waals surface area (Å²) >= 11 is 0. The van der Waals surface area contributed by atoms with Crippen molar-refractivity contribution in [2.24, 2.45) is 0 Å². The third kappa shape index (κ3) is 3.09. The Balaban J connectivity index is 3.09. The highest BCUT2D eigenvalue weighted by Gasteiger charge is 2.16. The molecular formula is C15H22O2. The molecule has 0 saturated carbocycles. The molecule has 0 aliphatic carbocycles. The Morgan fingerprint density at radius 2 is 1.94 bits per heavy atom. The number of Topliss-reactive ketones (excluding diaryl/α,β-unsaturated/α-hetero) is 1. The first-order valence-electron chi connectivity index (χ1n) is 6.21. The predicted molar refractivity (Wildman–Crippen MR) is 70.8 cm³/mol. The highest BCUT2D eigenvalue weighted by Crippen LogP contribution is 2.30. The lowest BCUT2D eigenvalue weighted by Gasteiger charge is -2.16. The second-order valence-electron chi connectivity index (χ2n) is 4.70. The van der Waals surface area contributed by atoms with Crippen LogP contribution in [0.3, 0.4) is 0 Å². The molecule has 1 unspecified atom stereocenters. The summed E-state index contributed by atoms with van der Waals surface area (Å²) in [5, 5.41) is 0. The number of ether oxygens (including phenoxy) is 1. The summed E-state index contributed by atoms with van der Waals surface area (Å²) in [6.45, 7) is 8.13. The number of hydrogen-bond donors (Lipinski definition) is 0. The van der Waals surface area contributed by atoms with Crippen LogP contribution in [-0.4, -0.2) is 12.9 Å². The fraction of sp³-hybridized carbons (Fsp3) is 0.533. The van der Waals surface area contributed by atoms with Crippen LogP contribution in [0.5, 0.6) is 5.75 Å². The fourth-order valence-electron chi connectivity index (χ4n) is 1.97. The Morgan fingerprint density at radius 3 is 2.41 bits per heavy atom. The summed E-state index contributed by atoms with van der Waals surface area (Å²) in [5.41, 5.74) is 2.23. The molecule has 2 nitrogen and oxygen atoms in total. The van der Waals surface area contributed by atoms with Crippen LogP contribution in [0.25, 0.3) is 0 Å². The molecule has 0 bridgehead atoms. The van der Waals surface area contributed by atoms with Gasteiger partial charge >= 0.3 is 0 Å². The molecule has 0 fully saturated rings. The standard InChI is InChI=1S/C15H22O2/c1-6-14(16)11(4)12-7-8-13(10(2)3)15(9-12)17-5/h7-11H,6H2,1-5H3. The van der Waals surface area contributed by atoms with Crippen molar-refractivity contribution in [3.63, 3.8) is 0 Å². The Hall–Kier alpha value is -1.31. The summed E-state index contributed by atoms with van der Waals surface area (Å²) in [6.07, 6.45) is 0.579. The number of benzene rings is 1. The third-order valence-corrected chi connectivity index (χ3v) is 3.21. The fourth-order valence-corrected chi connectivity index (χ4v) is 1.97. The van der Waals surface area contributed by atoms with Gasteiger partial charge in [-0.3, -0.25) is 4.79 Å². The highest BCUT2D eigenvalue weighted by atomic mass is 16.5. The molecule has 1 rings (SSSR count). The first-order chi connectivity index (χ1) is 8.01. The van der Waals surface area contributed by atoms with Gasteiger partial charge in [-0.15, -0.1) is 0 Å². The molecular weight excluding hydrogens is 212 g/mol. The van der Waals surface area contributed by atoms with Crippen LogP contribution in [0.2, 0.25) is 0 Å². The van der Waals surface area contributed by atoms with Gasteiger partial charge < -0.3 is 4.74 Å². The van der Waals surface area contributed by atoms with Crippen LogP contribution in [0.1, 0.15) is 57.1 Å². The largest absolute Gasteiger partial charge is 0.496 e. The maximum absolute atomic E-state index is 11.7. The number of rotatable bonds is 5. The van der Waals surface area contributed by atoms with E-state index in [1.165, 1.54) is 5.56 Å². The lowest BCUT2D eigenvalue weighted by Crippen LogP contribution is -2.08. The van der Waals surface area contributed by atoms with E-state index in [4.69, 9.17) is 4.74 Å². The minimum absolute atomic E-state index is 0.0462. The van der Waals surface area contributed by atoms with Gasteiger partial charge in [-0.2, -0.15) is 0 Å². The Morgan fingerprint density at radius 1 is 1.29 bits per heavy atom. The molecule has 0 spiro atoms. The monoisotopic (exact) mass is 234 g/mol. The molecule has 0 aliphatic rings. The van der Waals surface area contributed by atoms with E-state index in [9.17, 15) is 4.79 Å². The van der Waals surface area contributed by atoms with E-state index in [-0.39, 0.29) is 11.7 Å². The van der Waals surface area contributed by atoms with Crippen LogP contribution in [0.4, 0.5) is 0 Å². The van der Waals surface area contributed by atoms with E-state index in [1.807, 2.05) is 26.0 Å². The smallest absolute Gasteiger partial charge is 0.139 e. The van der Waals surface area contributed by atoms with Crippen LogP contribution in [-0.2, 0) is 4.79 Å². The molecule has 17 heavy (non-hydrogen) atoms. The second kappa shape index (κ2) is 5.85. The number of ketones is 1. The van der Waals surface area contributed by atoms with E-state index in [1.54, 1.807) is 7.11 Å². The van der Waals surface area contributed by atoms with Gasteiger partial charge in [0.05, 0.1) is 7.11 Å². The maximum Gasteiger partial charge on any atom is 0.139 e. The molecule has 0 aliphatic heterocycles. The van der Waals surface area contributed by atoms with Crippen molar-refractivity contribution >= 4 is 5.78 Å². The Kier molecular flexibility index (Phi) is 4.73. The number of carbonyl (C=O) groups excluding carboxylic acids is 1. The molecule has 1 aromatic rings. The minimum Gasteiger partial charge on any atom is -0.496 e. The quantitative estimate of drug-likeness (QED) is 0.772. The molecule has 0 N–H and O–H groups in total. The number of methoxy groups -OCH3 is 1. The lowest BCUT2D eigenvalue weighted by molar-refractivity contribution is -0.119. The van der Waals surface area contributed by atoms with Gasteiger partial charge in [-0.05, 0) is 23.1 Å². The second-order valence-corrected chi connectivity index (χ2v) is 4.70. The molecule has 0 heterocycles. The first-order valence-corrected chi connectivity index (χ1v) is 6.21. The van der Waals surface area contributed by atoms with Crippen LogP contribution >= 0.6 is 0 Å². The van der Waals surface area contributed by atoms with Gasteiger partial charge in [0.2, 0.25) is 0 Å². The summed E-state index contributed by atoms with van der Waals surface area (Å²) in [7, 11) is 1.68. The van der Waals surface area contributed by atoms with Crippen LogP contribution in [0.15, 0.2) is 18.2 Å². The maximum atomic E-state index is 11.7. The molecule has 1 aromatic carbocycles. The zero-order valence-electron chi connectivity index (χ0n) is 11.4. The zero-order valence-corrected chi connectivity index (χ0v) is 11.4. The van der Waals surface area contributed by atoms with E-state index in [0.717, 1.165) is 11.3 Å². The summed E-state index contributed by atoms with van der Waals surface area (Å²) < 4.78 is 5.40. The van der Waals surface area contributed by atoms with Gasteiger partial charge in [0.25, 0.3) is 0 Å². The molecule has 2 heteroatoms. The predicted octanol–water partition coefficient (Wildman–Crippen LogP) is 3.90. The number of carbonyl (C=O) groups is 1. The third-order valence-electron chi connectivity index (χ3n) is 3.21. The topological polar surface area (TPSA) is 26.3 Å². The van der Waals surface area contributed by atoms with Crippen LogP contribution in [0, 0.1) is 0 Å². The molecule has 94 valence electrons. The van der Waals surface area contributed by atoms with Crippen molar-refractivity contribution in [2.45, 2.75) is 46.0 Å². The van der Waals surface area contributed by atoms with Crippen molar-refractivity contribution in [1.29, 1.82) is 0 Å². The highest BCUT2D eigenvalue weighted by molar-refractivity contribution is 5.85. The van der Waals surface area contributed by atoms with Gasteiger partial charge in [0.15, 0.2) is 0 Å². The first kappa shape index (κ1) is 13.8. The van der Waals surface area contributed by atoms with Gasteiger partial charge in [0.1, 0.15) is 11.5 Å². The van der Waals surface area contributed by atoms with E-state index in [0.29, 0.717) is 12.3 Å². The van der Waals surface area contributed by atoms with Crippen LogP contribution < -0.4 is 4.74 Å². The molecule has 0 amide bonds. The molecule has 0 aromatic heterocycles.